The Balaban J connectivity index is 2.07. The third-order valence-corrected chi connectivity index (χ3v) is 4.02. The van der Waals surface area contributed by atoms with Gasteiger partial charge in [-0.15, -0.1) is 11.3 Å². The lowest BCUT2D eigenvalue weighted by atomic mass is 10.1. The Kier molecular flexibility index (Phi) is 4.34. The van der Waals surface area contributed by atoms with Crippen LogP contribution in [0, 0.1) is 6.92 Å². The molecule has 5 heteroatoms. The highest BCUT2D eigenvalue weighted by molar-refractivity contribution is 7.07. The molecule has 2 heterocycles. The summed E-state index contributed by atoms with van der Waals surface area (Å²) in [5, 5.41) is 6.62. The van der Waals surface area contributed by atoms with E-state index < -0.39 is 0 Å². The minimum atomic E-state index is 0.719. The van der Waals surface area contributed by atoms with E-state index >= 15 is 0 Å². The molecule has 0 fully saturated rings. The van der Waals surface area contributed by atoms with E-state index in [0.717, 1.165) is 28.4 Å². The van der Waals surface area contributed by atoms with Gasteiger partial charge in [0.15, 0.2) is 0 Å². The van der Waals surface area contributed by atoms with Crippen molar-refractivity contribution in [3.8, 4) is 11.3 Å². The number of thiazole rings is 1. The summed E-state index contributed by atoms with van der Waals surface area (Å²) >= 11 is 1.59. The zero-order valence-electron chi connectivity index (χ0n) is 12.6. The van der Waals surface area contributed by atoms with Crippen molar-refractivity contribution < 1.29 is 4.42 Å². The van der Waals surface area contributed by atoms with Crippen molar-refractivity contribution in [3.63, 3.8) is 0 Å². The van der Waals surface area contributed by atoms with Crippen molar-refractivity contribution in [2.24, 2.45) is 10.1 Å². The summed E-state index contributed by atoms with van der Waals surface area (Å²) in [6.45, 7) is 4.83. The maximum absolute atomic E-state index is 5.30. The Morgan fingerprint density at radius 2 is 2.05 bits per heavy atom. The average Bonchev–Trinajstić information content (AvgIpc) is 3.16. The molecular weight excluding hydrogens is 294 g/mol. The van der Waals surface area contributed by atoms with Crippen LogP contribution in [0.15, 0.2) is 62.6 Å². The van der Waals surface area contributed by atoms with Crippen LogP contribution in [0.2, 0.25) is 0 Å². The molecule has 3 rings (SSSR count). The van der Waals surface area contributed by atoms with Crippen molar-refractivity contribution in [2.75, 3.05) is 6.54 Å². The number of benzene rings is 1. The molecule has 1 aromatic carbocycles. The standard InChI is InChI=1S/C17H17N3OS/c1-3-18-17-20(19-11-15-5-4-10-21-15)16(12-22-17)14-8-6-13(2)7-9-14/h4-12H,3H2,1-2H3. The Labute approximate surface area is 133 Å². The first kappa shape index (κ1) is 14.5. The fourth-order valence-corrected chi connectivity index (χ4v) is 2.96. The molecule has 2 aromatic heterocycles. The lowest BCUT2D eigenvalue weighted by Crippen LogP contribution is -2.12. The second-order valence-corrected chi connectivity index (χ2v) is 5.65. The summed E-state index contributed by atoms with van der Waals surface area (Å²) in [6.07, 6.45) is 3.34. The van der Waals surface area contributed by atoms with Crippen molar-refractivity contribution >= 4 is 17.6 Å². The monoisotopic (exact) mass is 311 g/mol. The maximum atomic E-state index is 5.30. The quantitative estimate of drug-likeness (QED) is 0.673. The summed E-state index contributed by atoms with van der Waals surface area (Å²) in [5.74, 6) is 0.719. The molecule has 0 aliphatic carbocycles. The highest BCUT2D eigenvalue weighted by Gasteiger charge is 2.07. The molecule has 0 saturated carbocycles. The Hall–Kier alpha value is -2.40. The van der Waals surface area contributed by atoms with Gasteiger partial charge in [-0.1, -0.05) is 29.8 Å². The van der Waals surface area contributed by atoms with Crippen molar-refractivity contribution in [3.05, 3.63) is 64.2 Å². The van der Waals surface area contributed by atoms with E-state index in [0.29, 0.717) is 0 Å². The molecule has 0 aliphatic heterocycles. The number of aromatic nitrogens is 1. The molecule has 0 bridgehead atoms. The van der Waals surface area contributed by atoms with Gasteiger partial charge in [0.05, 0.1) is 18.2 Å². The zero-order valence-corrected chi connectivity index (χ0v) is 13.4. The van der Waals surface area contributed by atoms with Crippen LogP contribution in [0.1, 0.15) is 18.2 Å². The Bertz CT molecular complexity index is 824. The Morgan fingerprint density at radius 3 is 2.73 bits per heavy atom. The van der Waals surface area contributed by atoms with Gasteiger partial charge >= 0.3 is 0 Å². The highest BCUT2D eigenvalue weighted by atomic mass is 32.1. The van der Waals surface area contributed by atoms with Gasteiger partial charge in [-0.25, -0.2) is 4.68 Å². The number of hydrogen-bond acceptors (Lipinski definition) is 4. The van der Waals surface area contributed by atoms with Gasteiger partial charge in [-0.2, -0.15) is 5.10 Å². The normalized spacial score (nSPS) is 12.4. The summed E-state index contributed by atoms with van der Waals surface area (Å²) < 4.78 is 7.17. The van der Waals surface area contributed by atoms with Crippen LogP contribution in [0.3, 0.4) is 0 Å². The minimum Gasteiger partial charge on any atom is -0.463 e. The third-order valence-electron chi connectivity index (χ3n) is 3.17. The SMILES string of the molecule is CCN=c1scc(-c2ccc(C)cc2)n1N=Cc1ccco1. The first-order chi connectivity index (χ1) is 10.8. The van der Waals surface area contributed by atoms with Gasteiger partial charge in [0.1, 0.15) is 5.76 Å². The van der Waals surface area contributed by atoms with E-state index in [9.17, 15) is 0 Å². The second-order valence-electron chi connectivity index (χ2n) is 4.82. The number of nitrogens with zero attached hydrogens (tertiary/aromatic N) is 3. The molecule has 4 nitrogen and oxygen atoms in total. The van der Waals surface area contributed by atoms with Crippen LogP contribution >= 0.6 is 11.3 Å². The minimum absolute atomic E-state index is 0.719. The molecule has 0 spiro atoms. The summed E-state index contributed by atoms with van der Waals surface area (Å²) in [6, 6.07) is 12.1. The largest absolute Gasteiger partial charge is 0.463 e. The van der Waals surface area contributed by atoms with Crippen LogP contribution in [-0.2, 0) is 0 Å². The van der Waals surface area contributed by atoms with Crippen LogP contribution in [0.25, 0.3) is 11.3 Å². The van der Waals surface area contributed by atoms with Crippen molar-refractivity contribution in [1.82, 2.24) is 4.68 Å². The van der Waals surface area contributed by atoms with E-state index in [-0.39, 0.29) is 0 Å². The Morgan fingerprint density at radius 1 is 1.23 bits per heavy atom. The number of furan rings is 1. The number of aryl methyl sites for hydroxylation is 1. The third kappa shape index (κ3) is 3.09. The molecule has 0 saturated heterocycles. The van der Waals surface area contributed by atoms with Crippen LogP contribution in [0.5, 0.6) is 0 Å². The van der Waals surface area contributed by atoms with Crippen molar-refractivity contribution in [2.45, 2.75) is 13.8 Å². The fourth-order valence-electron chi connectivity index (χ4n) is 2.06. The molecule has 0 unspecified atom stereocenters. The fraction of sp³-hybridized carbons (Fsp3) is 0.176. The summed E-state index contributed by atoms with van der Waals surface area (Å²) in [7, 11) is 0. The van der Waals surface area contributed by atoms with Gasteiger partial charge in [0, 0.05) is 17.5 Å². The predicted molar refractivity (Wildman–Crippen MR) is 90.3 cm³/mol. The van der Waals surface area contributed by atoms with Gasteiger partial charge in [-0.3, -0.25) is 4.99 Å². The first-order valence-corrected chi connectivity index (χ1v) is 8.02. The lowest BCUT2D eigenvalue weighted by molar-refractivity contribution is 0.559. The molecule has 22 heavy (non-hydrogen) atoms. The second kappa shape index (κ2) is 6.58. The number of rotatable bonds is 4. The van der Waals surface area contributed by atoms with Gasteiger partial charge in [0.25, 0.3) is 0 Å². The van der Waals surface area contributed by atoms with E-state index in [2.05, 4.69) is 46.7 Å². The van der Waals surface area contributed by atoms with Crippen LogP contribution in [0.4, 0.5) is 0 Å². The van der Waals surface area contributed by atoms with Crippen LogP contribution in [-0.4, -0.2) is 17.4 Å². The maximum Gasteiger partial charge on any atom is 0.206 e. The molecule has 112 valence electrons. The molecular formula is C17H17N3OS. The summed E-state index contributed by atoms with van der Waals surface area (Å²) in [5.41, 5.74) is 3.39. The highest BCUT2D eigenvalue weighted by Crippen LogP contribution is 2.20. The first-order valence-electron chi connectivity index (χ1n) is 7.14. The topological polar surface area (TPSA) is 42.8 Å². The van der Waals surface area contributed by atoms with Gasteiger partial charge in [0.2, 0.25) is 4.80 Å². The lowest BCUT2D eigenvalue weighted by Gasteiger charge is -2.03. The van der Waals surface area contributed by atoms with Crippen molar-refractivity contribution in [1.29, 1.82) is 0 Å². The number of hydrogen-bond donors (Lipinski definition) is 0. The van der Waals surface area contributed by atoms with E-state index in [1.165, 1.54) is 5.56 Å². The molecule has 0 radical (unpaired) electrons. The van der Waals surface area contributed by atoms with E-state index in [1.807, 2.05) is 23.7 Å². The molecule has 0 atom stereocenters. The smallest absolute Gasteiger partial charge is 0.206 e. The van der Waals surface area contributed by atoms with Gasteiger partial charge < -0.3 is 4.42 Å². The average molecular weight is 311 g/mol. The van der Waals surface area contributed by atoms with Gasteiger partial charge in [-0.05, 0) is 26.0 Å². The van der Waals surface area contributed by atoms with E-state index in [1.54, 1.807) is 23.8 Å². The molecule has 0 aliphatic rings. The van der Waals surface area contributed by atoms with E-state index in [4.69, 9.17) is 4.42 Å². The van der Waals surface area contributed by atoms with Crippen LogP contribution < -0.4 is 4.80 Å². The zero-order chi connectivity index (χ0) is 15.4. The predicted octanol–water partition coefficient (Wildman–Crippen LogP) is 3.92. The molecule has 0 N–H and O–H groups in total. The summed E-state index contributed by atoms with van der Waals surface area (Å²) in [4.78, 5) is 5.38. The molecule has 0 amide bonds. The molecule has 3 aromatic rings.